The van der Waals surface area contributed by atoms with Gasteiger partial charge in [0.05, 0.1) is 11.7 Å². The maximum atomic E-state index is 12.1. The number of piperazine rings is 1. The van der Waals surface area contributed by atoms with Crippen molar-refractivity contribution in [2.75, 3.05) is 41.7 Å². The number of hydrogen-bond acceptors (Lipinski definition) is 7. The molecule has 3 aromatic rings. The number of nitrogens with one attached hydrogen (secondary N) is 2. The molecule has 9 heteroatoms. The first-order valence-electron chi connectivity index (χ1n) is 11.3. The lowest BCUT2D eigenvalue weighted by Gasteiger charge is -2.36. The van der Waals surface area contributed by atoms with Crippen molar-refractivity contribution in [1.82, 2.24) is 14.9 Å². The number of carbonyl (C=O) groups is 2. The maximum absolute atomic E-state index is 12.1. The van der Waals surface area contributed by atoms with Crippen LogP contribution in [0.1, 0.15) is 13.8 Å². The second-order valence-electron chi connectivity index (χ2n) is 8.30. The first-order valence-corrected chi connectivity index (χ1v) is 11.3. The minimum atomic E-state index is -0.458. The molecule has 2 aromatic carbocycles. The molecule has 2 amide bonds. The van der Waals surface area contributed by atoms with E-state index in [1.54, 1.807) is 13.1 Å². The summed E-state index contributed by atoms with van der Waals surface area (Å²) in [5.41, 5.74) is 10.2. The second kappa shape index (κ2) is 10.3. The quantitative estimate of drug-likeness (QED) is 0.519. The third-order valence-electron chi connectivity index (χ3n) is 5.63. The lowest BCUT2D eigenvalue weighted by Crippen LogP contribution is -2.52. The summed E-state index contributed by atoms with van der Waals surface area (Å²) in [5.74, 6) is 0.398. The van der Waals surface area contributed by atoms with Gasteiger partial charge in [0.25, 0.3) is 0 Å². The molecule has 0 aliphatic carbocycles. The molecule has 0 saturated carbocycles. The van der Waals surface area contributed by atoms with E-state index in [0.717, 1.165) is 41.4 Å². The number of anilines is 4. The van der Waals surface area contributed by atoms with Crippen LogP contribution in [-0.2, 0) is 9.59 Å². The molecule has 4 rings (SSSR count). The van der Waals surface area contributed by atoms with Gasteiger partial charge in [0.15, 0.2) is 0 Å². The number of rotatable bonds is 6. The summed E-state index contributed by atoms with van der Waals surface area (Å²) < 4.78 is 0. The van der Waals surface area contributed by atoms with Crippen LogP contribution in [0, 0.1) is 0 Å². The van der Waals surface area contributed by atoms with Crippen molar-refractivity contribution in [1.29, 1.82) is 0 Å². The maximum Gasteiger partial charge on any atom is 0.239 e. The molecule has 1 aliphatic heterocycles. The largest absolute Gasteiger partial charge is 0.368 e. The monoisotopic (exact) mass is 459 g/mol. The number of hydrogen-bond donors (Lipinski definition) is 3. The van der Waals surface area contributed by atoms with Gasteiger partial charge < -0.3 is 26.2 Å². The first kappa shape index (κ1) is 23.2. The van der Waals surface area contributed by atoms with E-state index in [-0.39, 0.29) is 11.8 Å². The van der Waals surface area contributed by atoms with E-state index in [2.05, 4.69) is 37.6 Å². The SMILES string of the molecule is CC(=O)Nc1ccc(-c2ccnc(Nc3ccc(N4CCN(C(=O)C(C)N)CC4)cc3)n2)cc1. The summed E-state index contributed by atoms with van der Waals surface area (Å²) in [7, 11) is 0. The number of carbonyl (C=O) groups excluding carboxylic acids is 2. The van der Waals surface area contributed by atoms with E-state index >= 15 is 0 Å². The van der Waals surface area contributed by atoms with Crippen LogP contribution in [0.3, 0.4) is 0 Å². The van der Waals surface area contributed by atoms with Crippen LogP contribution in [0.2, 0.25) is 0 Å². The molecule has 1 aliphatic rings. The molecule has 1 unspecified atom stereocenters. The normalized spacial score (nSPS) is 14.4. The second-order valence-corrected chi connectivity index (χ2v) is 8.30. The van der Waals surface area contributed by atoms with E-state index < -0.39 is 6.04 Å². The average Bonchev–Trinajstić information content (AvgIpc) is 2.84. The average molecular weight is 460 g/mol. The number of amides is 2. The van der Waals surface area contributed by atoms with Gasteiger partial charge in [-0.25, -0.2) is 9.97 Å². The Morgan fingerprint density at radius 2 is 1.59 bits per heavy atom. The summed E-state index contributed by atoms with van der Waals surface area (Å²) in [6, 6.07) is 17.0. The van der Waals surface area contributed by atoms with Gasteiger partial charge in [0.2, 0.25) is 17.8 Å². The van der Waals surface area contributed by atoms with Crippen LogP contribution in [0.4, 0.5) is 23.0 Å². The Morgan fingerprint density at radius 3 is 2.21 bits per heavy atom. The Hall–Kier alpha value is -3.98. The molecule has 1 aromatic heterocycles. The molecule has 4 N–H and O–H groups in total. The van der Waals surface area contributed by atoms with Crippen LogP contribution < -0.4 is 21.3 Å². The van der Waals surface area contributed by atoms with Crippen molar-refractivity contribution >= 4 is 34.8 Å². The van der Waals surface area contributed by atoms with Crippen LogP contribution in [0.25, 0.3) is 11.3 Å². The van der Waals surface area contributed by atoms with Crippen LogP contribution in [-0.4, -0.2) is 58.9 Å². The lowest BCUT2D eigenvalue weighted by molar-refractivity contribution is -0.132. The fraction of sp³-hybridized carbons (Fsp3) is 0.280. The molecule has 34 heavy (non-hydrogen) atoms. The van der Waals surface area contributed by atoms with Crippen LogP contribution >= 0.6 is 0 Å². The van der Waals surface area contributed by atoms with Crippen molar-refractivity contribution in [3.05, 3.63) is 60.8 Å². The molecular weight excluding hydrogens is 430 g/mol. The summed E-state index contributed by atoms with van der Waals surface area (Å²) in [6.07, 6.45) is 1.71. The van der Waals surface area contributed by atoms with Gasteiger partial charge >= 0.3 is 0 Å². The Kier molecular flexibility index (Phi) is 7.03. The third kappa shape index (κ3) is 5.68. The summed E-state index contributed by atoms with van der Waals surface area (Å²) in [5, 5.41) is 6.01. The van der Waals surface area contributed by atoms with Crippen molar-refractivity contribution in [3.63, 3.8) is 0 Å². The number of nitrogens with two attached hydrogens (primary N) is 1. The molecule has 1 fully saturated rings. The van der Waals surface area contributed by atoms with Crippen molar-refractivity contribution in [3.8, 4) is 11.3 Å². The highest BCUT2D eigenvalue weighted by Gasteiger charge is 2.23. The van der Waals surface area contributed by atoms with Gasteiger partial charge in [-0.3, -0.25) is 9.59 Å². The van der Waals surface area contributed by atoms with Crippen molar-refractivity contribution < 1.29 is 9.59 Å². The highest BCUT2D eigenvalue weighted by molar-refractivity contribution is 5.89. The summed E-state index contributed by atoms with van der Waals surface area (Å²) in [4.78, 5) is 36.3. The Morgan fingerprint density at radius 1 is 0.941 bits per heavy atom. The lowest BCUT2D eigenvalue weighted by atomic mass is 10.1. The molecule has 2 heterocycles. The first-order chi connectivity index (χ1) is 16.4. The standard InChI is InChI=1S/C25H29N7O2/c1-17(26)24(34)32-15-13-31(14-16-32)22-9-7-21(8-10-22)29-25-27-12-11-23(30-25)19-3-5-20(6-4-19)28-18(2)33/h3-12,17H,13-16,26H2,1-2H3,(H,28,33)(H,27,29,30). The molecule has 0 spiro atoms. The van der Waals surface area contributed by atoms with Crippen LogP contribution in [0.5, 0.6) is 0 Å². The van der Waals surface area contributed by atoms with E-state index in [9.17, 15) is 9.59 Å². The van der Waals surface area contributed by atoms with E-state index in [4.69, 9.17) is 5.73 Å². The summed E-state index contributed by atoms with van der Waals surface area (Å²) in [6.45, 7) is 6.10. The predicted octanol–water partition coefficient (Wildman–Crippen LogP) is 2.84. The highest BCUT2D eigenvalue weighted by Crippen LogP contribution is 2.23. The molecule has 0 bridgehead atoms. The molecular formula is C25H29N7O2. The minimum absolute atomic E-state index is 0.00472. The van der Waals surface area contributed by atoms with Gasteiger partial charge in [-0.05, 0) is 49.4 Å². The predicted molar refractivity (Wildman–Crippen MR) is 134 cm³/mol. The zero-order chi connectivity index (χ0) is 24.1. The minimum Gasteiger partial charge on any atom is -0.368 e. The highest BCUT2D eigenvalue weighted by atomic mass is 16.2. The van der Waals surface area contributed by atoms with E-state index in [0.29, 0.717) is 19.0 Å². The van der Waals surface area contributed by atoms with Gasteiger partial charge in [0.1, 0.15) is 0 Å². The van der Waals surface area contributed by atoms with E-state index in [1.165, 1.54) is 6.92 Å². The van der Waals surface area contributed by atoms with Gasteiger partial charge in [-0.2, -0.15) is 0 Å². The number of nitrogens with zero attached hydrogens (tertiary/aromatic N) is 4. The van der Waals surface area contributed by atoms with E-state index in [1.807, 2.05) is 47.4 Å². The zero-order valence-corrected chi connectivity index (χ0v) is 19.4. The number of aromatic nitrogens is 2. The third-order valence-corrected chi connectivity index (χ3v) is 5.63. The van der Waals surface area contributed by atoms with Gasteiger partial charge in [-0.1, -0.05) is 12.1 Å². The molecule has 0 radical (unpaired) electrons. The van der Waals surface area contributed by atoms with Gasteiger partial charge in [-0.15, -0.1) is 0 Å². The van der Waals surface area contributed by atoms with Crippen molar-refractivity contribution in [2.24, 2.45) is 5.73 Å². The molecule has 1 saturated heterocycles. The topological polar surface area (TPSA) is 116 Å². The van der Waals surface area contributed by atoms with Crippen LogP contribution in [0.15, 0.2) is 60.8 Å². The smallest absolute Gasteiger partial charge is 0.239 e. The summed E-state index contributed by atoms with van der Waals surface area (Å²) >= 11 is 0. The Bertz CT molecular complexity index is 1140. The number of benzene rings is 2. The Balaban J connectivity index is 1.38. The van der Waals surface area contributed by atoms with Gasteiger partial charge in [0, 0.05) is 61.9 Å². The molecule has 1 atom stereocenters. The fourth-order valence-corrected chi connectivity index (χ4v) is 3.86. The fourth-order valence-electron chi connectivity index (χ4n) is 3.86. The Labute approximate surface area is 199 Å². The van der Waals surface area contributed by atoms with Crippen molar-refractivity contribution in [2.45, 2.75) is 19.9 Å². The molecule has 176 valence electrons. The molecule has 9 nitrogen and oxygen atoms in total. The zero-order valence-electron chi connectivity index (χ0n) is 19.4.